The van der Waals surface area contributed by atoms with Gasteiger partial charge in [-0.3, -0.25) is 9.89 Å². The van der Waals surface area contributed by atoms with E-state index in [0.29, 0.717) is 6.04 Å². The summed E-state index contributed by atoms with van der Waals surface area (Å²) >= 11 is 1.75. The molecule has 0 aromatic carbocycles. The topological polar surface area (TPSA) is 52.5 Å². The van der Waals surface area contributed by atoms with Crippen LogP contribution in [0.3, 0.4) is 0 Å². The number of aliphatic imine (C=N–C) groups is 1. The SMILES string of the molecule is C=C(C)CN1CCC(NC(=NC)NCCc2nc(C(C)(C)C)cs2)CC1. The Morgan fingerprint density at radius 3 is 2.62 bits per heavy atom. The number of aromatic nitrogens is 1. The zero-order valence-corrected chi connectivity index (χ0v) is 17.9. The number of rotatable bonds is 6. The zero-order chi connectivity index (χ0) is 19.2. The van der Waals surface area contributed by atoms with Crippen LogP contribution in [0.1, 0.15) is 51.2 Å². The lowest BCUT2D eigenvalue weighted by atomic mass is 9.93. The lowest BCUT2D eigenvalue weighted by Crippen LogP contribution is -2.49. The highest BCUT2D eigenvalue weighted by Crippen LogP contribution is 2.23. The summed E-state index contributed by atoms with van der Waals surface area (Å²) in [5, 5.41) is 10.4. The smallest absolute Gasteiger partial charge is 0.191 e. The van der Waals surface area contributed by atoms with Crippen molar-refractivity contribution in [3.63, 3.8) is 0 Å². The van der Waals surface area contributed by atoms with E-state index in [0.717, 1.165) is 51.4 Å². The minimum absolute atomic E-state index is 0.124. The molecule has 1 saturated heterocycles. The molecule has 1 aromatic heterocycles. The van der Waals surface area contributed by atoms with Crippen LogP contribution in [-0.4, -0.2) is 55.1 Å². The van der Waals surface area contributed by atoms with Gasteiger partial charge in [0.05, 0.1) is 10.7 Å². The first kappa shape index (κ1) is 20.9. The number of hydrogen-bond acceptors (Lipinski definition) is 4. The van der Waals surface area contributed by atoms with E-state index >= 15 is 0 Å². The van der Waals surface area contributed by atoms with Crippen molar-refractivity contribution in [1.29, 1.82) is 0 Å². The van der Waals surface area contributed by atoms with Gasteiger partial charge in [-0.25, -0.2) is 4.98 Å². The normalized spacial score (nSPS) is 17.3. The Morgan fingerprint density at radius 2 is 2.08 bits per heavy atom. The van der Waals surface area contributed by atoms with Crippen LogP contribution in [0.15, 0.2) is 22.5 Å². The highest BCUT2D eigenvalue weighted by Gasteiger charge is 2.20. The Labute approximate surface area is 163 Å². The largest absolute Gasteiger partial charge is 0.356 e. The highest BCUT2D eigenvalue weighted by molar-refractivity contribution is 7.09. The summed E-state index contributed by atoms with van der Waals surface area (Å²) in [6.07, 6.45) is 3.23. The van der Waals surface area contributed by atoms with Crippen LogP contribution in [0.4, 0.5) is 0 Å². The maximum absolute atomic E-state index is 4.76. The van der Waals surface area contributed by atoms with Crippen LogP contribution in [0, 0.1) is 0 Å². The van der Waals surface area contributed by atoms with Crippen molar-refractivity contribution in [2.45, 2.75) is 58.4 Å². The van der Waals surface area contributed by atoms with Crippen molar-refractivity contribution < 1.29 is 0 Å². The monoisotopic (exact) mass is 377 g/mol. The molecule has 1 aliphatic rings. The molecule has 2 heterocycles. The standard InChI is InChI=1S/C20H35N5S/c1-15(2)13-25-11-8-16(9-12-25)23-19(21-6)22-10-7-18-24-17(14-26-18)20(3,4)5/h14,16H,1,7-13H2,2-6H3,(H2,21,22,23). The van der Waals surface area contributed by atoms with Crippen molar-refractivity contribution in [2.75, 3.05) is 33.2 Å². The van der Waals surface area contributed by atoms with Gasteiger partial charge in [-0.05, 0) is 19.8 Å². The minimum Gasteiger partial charge on any atom is -0.356 e. The fourth-order valence-electron chi connectivity index (χ4n) is 3.06. The summed E-state index contributed by atoms with van der Waals surface area (Å²) < 4.78 is 0. The van der Waals surface area contributed by atoms with E-state index in [1.807, 2.05) is 7.05 Å². The van der Waals surface area contributed by atoms with E-state index in [9.17, 15) is 0 Å². The molecule has 0 unspecified atom stereocenters. The molecule has 1 aliphatic heterocycles. The van der Waals surface area contributed by atoms with Crippen molar-refractivity contribution in [3.05, 3.63) is 28.2 Å². The Balaban J connectivity index is 1.72. The molecule has 0 atom stereocenters. The molecular formula is C20H35N5S. The van der Waals surface area contributed by atoms with Gasteiger partial charge in [0, 0.05) is 56.5 Å². The fourth-order valence-corrected chi connectivity index (χ4v) is 4.09. The van der Waals surface area contributed by atoms with Crippen molar-refractivity contribution in [3.8, 4) is 0 Å². The van der Waals surface area contributed by atoms with Gasteiger partial charge in [-0.1, -0.05) is 32.9 Å². The third-order valence-electron chi connectivity index (χ3n) is 4.60. The quantitative estimate of drug-likeness (QED) is 0.454. The van der Waals surface area contributed by atoms with Gasteiger partial charge in [-0.2, -0.15) is 0 Å². The number of likely N-dealkylation sites (tertiary alicyclic amines) is 1. The summed E-state index contributed by atoms with van der Waals surface area (Å²) in [6.45, 7) is 16.8. The summed E-state index contributed by atoms with van der Waals surface area (Å²) in [4.78, 5) is 11.6. The predicted molar refractivity (Wildman–Crippen MR) is 113 cm³/mol. The van der Waals surface area contributed by atoms with Gasteiger partial charge < -0.3 is 10.6 Å². The molecule has 0 spiro atoms. The van der Waals surface area contributed by atoms with Gasteiger partial charge in [0.15, 0.2) is 5.96 Å². The van der Waals surface area contributed by atoms with Crippen molar-refractivity contribution in [1.82, 2.24) is 20.5 Å². The zero-order valence-electron chi connectivity index (χ0n) is 17.1. The van der Waals surface area contributed by atoms with Crippen molar-refractivity contribution >= 4 is 17.3 Å². The molecular weight excluding hydrogens is 342 g/mol. The number of hydrogen-bond donors (Lipinski definition) is 2. The highest BCUT2D eigenvalue weighted by atomic mass is 32.1. The number of thiazole rings is 1. The average molecular weight is 378 g/mol. The maximum Gasteiger partial charge on any atom is 0.191 e. The first-order chi connectivity index (χ1) is 12.3. The second kappa shape index (κ2) is 9.51. The summed E-state index contributed by atoms with van der Waals surface area (Å²) in [7, 11) is 1.84. The molecule has 0 aliphatic carbocycles. The first-order valence-corrected chi connectivity index (χ1v) is 10.4. The number of guanidine groups is 1. The van der Waals surface area contributed by atoms with Gasteiger partial charge in [0.25, 0.3) is 0 Å². The Hall–Kier alpha value is -1.40. The summed E-state index contributed by atoms with van der Waals surface area (Å²) in [5.41, 5.74) is 2.55. The molecule has 26 heavy (non-hydrogen) atoms. The maximum atomic E-state index is 4.76. The van der Waals surface area contributed by atoms with Crippen LogP contribution >= 0.6 is 11.3 Å². The number of piperidine rings is 1. The number of nitrogens with zero attached hydrogens (tertiary/aromatic N) is 3. The van der Waals surface area contributed by atoms with E-state index < -0.39 is 0 Å². The third-order valence-corrected chi connectivity index (χ3v) is 5.51. The molecule has 146 valence electrons. The molecule has 6 heteroatoms. The van der Waals surface area contributed by atoms with E-state index in [4.69, 9.17) is 4.98 Å². The van der Waals surface area contributed by atoms with Crippen LogP contribution in [0.5, 0.6) is 0 Å². The molecule has 0 amide bonds. The minimum atomic E-state index is 0.124. The lowest BCUT2D eigenvalue weighted by molar-refractivity contribution is 0.221. The molecule has 1 aromatic rings. The van der Waals surface area contributed by atoms with E-state index in [-0.39, 0.29) is 5.41 Å². The fraction of sp³-hybridized carbons (Fsp3) is 0.700. The third kappa shape index (κ3) is 6.72. The van der Waals surface area contributed by atoms with Gasteiger partial charge in [0.1, 0.15) is 0 Å². The molecule has 2 N–H and O–H groups in total. The summed E-state index contributed by atoms with van der Waals surface area (Å²) in [5.74, 6) is 0.899. The second-order valence-electron chi connectivity index (χ2n) is 8.28. The first-order valence-electron chi connectivity index (χ1n) is 9.56. The van der Waals surface area contributed by atoms with Crippen LogP contribution < -0.4 is 10.6 Å². The van der Waals surface area contributed by atoms with E-state index in [1.165, 1.54) is 16.3 Å². The van der Waals surface area contributed by atoms with Gasteiger partial charge >= 0.3 is 0 Å². The van der Waals surface area contributed by atoms with E-state index in [2.05, 4.69) is 60.2 Å². The molecule has 2 rings (SSSR count). The molecule has 0 saturated carbocycles. The number of nitrogens with one attached hydrogen (secondary N) is 2. The Bertz CT molecular complexity index is 606. The second-order valence-corrected chi connectivity index (χ2v) is 9.22. The molecule has 1 fully saturated rings. The van der Waals surface area contributed by atoms with Crippen molar-refractivity contribution in [2.24, 2.45) is 4.99 Å². The van der Waals surface area contributed by atoms with Crippen LogP contribution in [-0.2, 0) is 11.8 Å². The van der Waals surface area contributed by atoms with Gasteiger partial charge in [-0.15, -0.1) is 11.3 Å². The predicted octanol–water partition coefficient (Wildman–Crippen LogP) is 3.19. The molecule has 5 nitrogen and oxygen atoms in total. The lowest BCUT2D eigenvalue weighted by Gasteiger charge is -2.33. The molecule has 0 bridgehead atoms. The molecule has 0 radical (unpaired) electrons. The van der Waals surface area contributed by atoms with Crippen LogP contribution in [0.25, 0.3) is 0 Å². The Morgan fingerprint density at radius 1 is 1.38 bits per heavy atom. The van der Waals surface area contributed by atoms with E-state index in [1.54, 1.807) is 11.3 Å². The average Bonchev–Trinajstić information content (AvgIpc) is 3.04. The van der Waals surface area contributed by atoms with Crippen LogP contribution in [0.2, 0.25) is 0 Å². The Kier molecular flexibility index (Phi) is 7.65. The van der Waals surface area contributed by atoms with Gasteiger partial charge in [0.2, 0.25) is 0 Å². The summed E-state index contributed by atoms with van der Waals surface area (Å²) in [6, 6.07) is 0.495.